The number of rotatable bonds is 9. The van der Waals surface area contributed by atoms with Crippen LogP contribution in [0.1, 0.15) is 49.7 Å². The van der Waals surface area contributed by atoms with Crippen LogP contribution in [0.15, 0.2) is 6.20 Å². The minimum atomic E-state index is -0.332. The Kier molecular flexibility index (Phi) is 6.84. The molecule has 0 saturated carbocycles. The highest BCUT2D eigenvalue weighted by atomic mass is 16.5. The van der Waals surface area contributed by atoms with Gasteiger partial charge in [0.25, 0.3) is 0 Å². The fraction of sp³-hybridized carbons (Fsp3) is 0.733. The molecule has 1 heterocycles. The molecule has 1 rings (SSSR count). The molecule has 6 heteroatoms. The van der Waals surface area contributed by atoms with Crippen LogP contribution in [0.3, 0.4) is 0 Å². The van der Waals surface area contributed by atoms with E-state index in [0.29, 0.717) is 18.7 Å². The van der Waals surface area contributed by atoms with E-state index in [0.717, 1.165) is 25.1 Å². The van der Waals surface area contributed by atoms with E-state index < -0.39 is 0 Å². The highest BCUT2D eigenvalue weighted by Crippen LogP contribution is 2.21. The predicted molar refractivity (Wildman–Crippen MR) is 81.0 cm³/mol. The first-order valence-electron chi connectivity index (χ1n) is 7.41. The fourth-order valence-electron chi connectivity index (χ4n) is 2.22. The van der Waals surface area contributed by atoms with Gasteiger partial charge in [0, 0.05) is 26.7 Å². The molecule has 0 spiro atoms. The molecule has 1 aromatic heterocycles. The maximum absolute atomic E-state index is 11.8. The van der Waals surface area contributed by atoms with Gasteiger partial charge in [-0.05, 0) is 25.2 Å². The van der Waals surface area contributed by atoms with E-state index in [4.69, 9.17) is 9.84 Å². The molecule has 1 aromatic rings. The van der Waals surface area contributed by atoms with Crippen LogP contribution >= 0.6 is 0 Å². The molecule has 0 unspecified atom stereocenters. The standard InChI is InChI=1S/C15H27N3O3/c1-5-21-14(20)12-9-17-18(4)13(12)10-16-11-15(2,3)7-6-8-19/h9,16,19H,5-8,10-11H2,1-4H3. The summed E-state index contributed by atoms with van der Waals surface area (Å²) in [5.74, 6) is -0.332. The molecule has 6 nitrogen and oxygen atoms in total. The van der Waals surface area contributed by atoms with Gasteiger partial charge in [0.1, 0.15) is 5.56 Å². The van der Waals surface area contributed by atoms with E-state index in [1.807, 2.05) is 7.05 Å². The number of carbonyl (C=O) groups excluding carboxylic acids is 1. The van der Waals surface area contributed by atoms with Gasteiger partial charge in [0.2, 0.25) is 0 Å². The largest absolute Gasteiger partial charge is 0.462 e. The molecule has 120 valence electrons. The van der Waals surface area contributed by atoms with E-state index in [9.17, 15) is 4.79 Å². The molecule has 0 aromatic carbocycles. The normalized spacial score (nSPS) is 11.7. The zero-order valence-electron chi connectivity index (χ0n) is 13.5. The van der Waals surface area contributed by atoms with Crippen LogP contribution in [0, 0.1) is 5.41 Å². The van der Waals surface area contributed by atoms with E-state index in [1.165, 1.54) is 0 Å². The van der Waals surface area contributed by atoms with Crippen molar-refractivity contribution in [2.24, 2.45) is 12.5 Å². The highest BCUT2D eigenvalue weighted by molar-refractivity contribution is 5.90. The Labute approximate surface area is 126 Å². The Morgan fingerprint density at radius 2 is 2.24 bits per heavy atom. The van der Waals surface area contributed by atoms with Gasteiger partial charge in [0.05, 0.1) is 18.5 Å². The molecule has 0 saturated heterocycles. The van der Waals surface area contributed by atoms with E-state index >= 15 is 0 Å². The van der Waals surface area contributed by atoms with Gasteiger partial charge >= 0.3 is 5.97 Å². The summed E-state index contributed by atoms with van der Waals surface area (Å²) in [5.41, 5.74) is 1.44. The number of ether oxygens (including phenoxy) is 1. The molecular weight excluding hydrogens is 270 g/mol. The molecule has 0 radical (unpaired) electrons. The molecule has 0 bridgehead atoms. The average Bonchev–Trinajstić information content (AvgIpc) is 2.78. The number of aliphatic hydroxyl groups is 1. The van der Waals surface area contributed by atoms with Crippen molar-refractivity contribution in [3.05, 3.63) is 17.5 Å². The van der Waals surface area contributed by atoms with Crippen molar-refractivity contribution in [3.63, 3.8) is 0 Å². The summed E-state index contributed by atoms with van der Waals surface area (Å²) in [6.07, 6.45) is 3.30. The summed E-state index contributed by atoms with van der Waals surface area (Å²) in [5, 5.41) is 16.4. The van der Waals surface area contributed by atoms with E-state index in [-0.39, 0.29) is 18.0 Å². The molecule has 0 aliphatic heterocycles. The van der Waals surface area contributed by atoms with Gasteiger partial charge in [-0.15, -0.1) is 0 Å². The number of aromatic nitrogens is 2. The van der Waals surface area contributed by atoms with Crippen molar-refractivity contribution < 1.29 is 14.6 Å². The van der Waals surface area contributed by atoms with Crippen molar-refractivity contribution in [2.75, 3.05) is 19.8 Å². The highest BCUT2D eigenvalue weighted by Gasteiger charge is 2.20. The third kappa shape index (κ3) is 5.47. The smallest absolute Gasteiger partial charge is 0.341 e. The number of esters is 1. The summed E-state index contributed by atoms with van der Waals surface area (Å²) in [4.78, 5) is 11.8. The van der Waals surface area contributed by atoms with Crippen molar-refractivity contribution in [3.8, 4) is 0 Å². The lowest BCUT2D eigenvalue weighted by atomic mass is 9.88. The monoisotopic (exact) mass is 297 g/mol. The zero-order chi connectivity index (χ0) is 15.9. The summed E-state index contributed by atoms with van der Waals surface area (Å²) >= 11 is 0. The Morgan fingerprint density at radius 1 is 1.52 bits per heavy atom. The van der Waals surface area contributed by atoms with Crippen LogP contribution in [-0.4, -0.2) is 40.6 Å². The molecule has 0 aliphatic carbocycles. The van der Waals surface area contributed by atoms with Crippen LogP contribution < -0.4 is 5.32 Å². The Balaban J connectivity index is 2.59. The number of aliphatic hydroxyl groups excluding tert-OH is 1. The van der Waals surface area contributed by atoms with Crippen LogP contribution in [0.5, 0.6) is 0 Å². The molecule has 0 fully saturated rings. The van der Waals surface area contributed by atoms with Crippen molar-refractivity contribution in [1.29, 1.82) is 0 Å². The lowest BCUT2D eigenvalue weighted by Crippen LogP contribution is -2.30. The van der Waals surface area contributed by atoms with Crippen LogP contribution in [0.25, 0.3) is 0 Å². The van der Waals surface area contributed by atoms with Gasteiger partial charge in [-0.25, -0.2) is 4.79 Å². The van der Waals surface area contributed by atoms with Crippen LogP contribution in [0.2, 0.25) is 0 Å². The number of carbonyl (C=O) groups is 1. The maximum atomic E-state index is 11.8. The number of nitrogens with zero attached hydrogens (tertiary/aromatic N) is 2. The molecular formula is C15H27N3O3. The first kappa shape index (κ1) is 17.7. The van der Waals surface area contributed by atoms with Crippen molar-refractivity contribution in [2.45, 2.75) is 40.2 Å². The van der Waals surface area contributed by atoms with Gasteiger partial charge in [-0.2, -0.15) is 5.10 Å². The van der Waals surface area contributed by atoms with Gasteiger partial charge in [0.15, 0.2) is 0 Å². The molecule has 0 amide bonds. The summed E-state index contributed by atoms with van der Waals surface area (Å²) in [6.45, 7) is 8.05. The second-order valence-corrected chi connectivity index (χ2v) is 5.94. The average molecular weight is 297 g/mol. The van der Waals surface area contributed by atoms with Gasteiger partial charge in [-0.3, -0.25) is 4.68 Å². The third-order valence-corrected chi connectivity index (χ3v) is 3.46. The summed E-state index contributed by atoms with van der Waals surface area (Å²) < 4.78 is 6.73. The number of hydrogen-bond donors (Lipinski definition) is 2. The Morgan fingerprint density at radius 3 is 2.86 bits per heavy atom. The van der Waals surface area contributed by atoms with Crippen molar-refractivity contribution >= 4 is 5.97 Å². The second-order valence-electron chi connectivity index (χ2n) is 5.94. The van der Waals surface area contributed by atoms with Gasteiger partial charge < -0.3 is 15.2 Å². The molecule has 2 N–H and O–H groups in total. The van der Waals surface area contributed by atoms with Crippen LogP contribution in [0.4, 0.5) is 0 Å². The quantitative estimate of drug-likeness (QED) is 0.675. The third-order valence-electron chi connectivity index (χ3n) is 3.46. The lowest BCUT2D eigenvalue weighted by molar-refractivity contribution is 0.0524. The minimum Gasteiger partial charge on any atom is -0.462 e. The first-order chi connectivity index (χ1) is 9.91. The SMILES string of the molecule is CCOC(=O)c1cnn(C)c1CNCC(C)(C)CCCO. The predicted octanol–water partition coefficient (Wildman–Crippen LogP) is 1.49. The van der Waals surface area contributed by atoms with E-state index in [1.54, 1.807) is 17.8 Å². The molecule has 0 atom stereocenters. The fourth-order valence-corrected chi connectivity index (χ4v) is 2.22. The lowest BCUT2D eigenvalue weighted by Gasteiger charge is -2.24. The topological polar surface area (TPSA) is 76.4 Å². The number of aryl methyl sites for hydroxylation is 1. The summed E-state index contributed by atoms with van der Waals surface area (Å²) in [7, 11) is 1.82. The number of nitrogens with one attached hydrogen (secondary N) is 1. The maximum Gasteiger partial charge on any atom is 0.341 e. The second kappa shape index (κ2) is 8.14. The van der Waals surface area contributed by atoms with Crippen LogP contribution in [-0.2, 0) is 18.3 Å². The van der Waals surface area contributed by atoms with E-state index in [2.05, 4.69) is 24.3 Å². The number of hydrogen-bond acceptors (Lipinski definition) is 5. The van der Waals surface area contributed by atoms with Gasteiger partial charge in [-0.1, -0.05) is 13.8 Å². The van der Waals surface area contributed by atoms with Crippen molar-refractivity contribution in [1.82, 2.24) is 15.1 Å². The first-order valence-corrected chi connectivity index (χ1v) is 7.41. The zero-order valence-corrected chi connectivity index (χ0v) is 13.5. The minimum absolute atomic E-state index is 0.103. The molecule has 21 heavy (non-hydrogen) atoms. The Bertz CT molecular complexity index is 455. The Hall–Kier alpha value is -1.40. The molecule has 0 aliphatic rings. The summed E-state index contributed by atoms with van der Waals surface area (Å²) in [6, 6.07) is 0.